The number of fused-ring (bicyclic) bond motifs is 8. The van der Waals surface area contributed by atoms with Gasteiger partial charge in [0, 0.05) is 32.5 Å². The smallest absolute Gasteiger partial charge is 0.497 e. The van der Waals surface area contributed by atoms with Crippen molar-refractivity contribution in [2.24, 2.45) is 0 Å². The quantitative estimate of drug-likeness (QED) is 0.173. The van der Waals surface area contributed by atoms with Crippen LogP contribution in [0, 0.1) is 0 Å². The van der Waals surface area contributed by atoms with Gasteiger partial charge in [-0.15, -0.1) is 0 Å². The van der Waals surface area contributed by atoms with Gasteiger partial charge < -0.3 is 18.9 Å². The lowest BCUT2D eigenvalue weighted by Gasteiger charge is -2.38. The van der Waals surface area contributed by atoms with E-state index in [2.05, 4.69) is 0 Å². The van der Waals surface area contributed by atoms with Crippen LogP contribution in [0.5, 0.6) is 23.0 Å². The molecule has 2 aliphatic rings. The van der Waals surface area contributed by atoms with Gasteiger partial charge >= 0.3 is 5.51 Å². The number of methoxy groups -OCH3 is 3. The molecule has 1 aliphatic heterocycles. The van der Waals surface area contributed by atoms with E-state index in [1.165, 1.54) is 6.07 Å². The van der Waals surface area contributed by atoms with Crippen LogP contribution in [-0.2, 0) is 20.9 Å². The van der Waals surface area contributed by atoms with Gasteiger partial charge in [-0.3, -0.25) is 0 Å². The molecule has 1 aliphatic carbocycles. The molecule has 0 N–H and O–H groups in total. The number of benzene rings is 5. The molecular weight excluding hydrogens is 712 g/mol. The second-order valence-corrected chi connectivity index (χ2v) is 15.3. The summed E-state index contributed by atoms with van der Waals surface area (Å²) in [7, 11) is -1.49. The van der Waals surface area contributed by atoms with E-state index < -0.39 is 37.0 Å². The maximum atomic E-state index is 13.9. The Kier molecular flexibility index (Phi) is 7.90. The number of hydrogen-bond donors (Lipinski definition) is 0. The van der Waals surface area contributed by atoms with Gasteiger partial charge in [0.25, 0.3) is 9.84 Å². The van der Waals surface area contributed by atoms with Crippen LogP contribution in [0.1, 0.15) is 41.7 Å². The van der Waals surface area contributed by atoms with Crippen LogP contribution in [0.2, 0.25) is 10.0 Å². The maximum absolute atomic E-state index is 13.9. The van der Waals surface area contributed by atoms with Gasteiger partial charge in [-0.25, -0.2) is 8.42 Å². The minimum absolute atomic E-state index is 0.239. The zero-order chi connectivity index (χ0) is 36.0. The average molecular weight is 742 g/mol. The largest absolute Gasteiger partial charge is 0.502 e. The van der Waals surface area contributed by atoms with Crippen molar-refractivity contribution >= 4 is 49.9 Å². The summed E-state index contributed by atoms with van der Waals surface area (Å²) in [5, 5.41) is 1.45. The molecule has 0 aromatic heterocycles. The van der Waals surface area contributed by atoms with Crippen molar-refractivity contribution in [3.8, 4) is 34.1 Å². The molecule has 7 rings (SSSR count). The fourth-order valence-electron chi connectivity index (χ4n) is 7.18. The summed E-state index contributed by atoms with van der Waals surface area (Å²) >= 11 is 13.6. The number of alkyl halides is 3. The Morgan fingerprint density at radius 3 is 1.90 bits per heavy atom. The Labute approximate surface area is 296 Å². The molecule has 0 atom stereocenters. The highest BCUT2D eigenvalue weighted by molar-refractivity contribution is 7.92. The van der Waals surface area contributed by atoms with E-state index in [0.29, 0.717) is 50.3 Å². The molecule has 0 saturated carbocycles. The average Bonchev–Trinajstić information content (AvgIpc) is 3.32. The van der Waals surface area contributed by atoms with E-state index in [9.17, 15) is 21.6 Å². The van der Waals surface area contributed by atoms with Gasteiger partial charge in [-0.1, -0.05) is 67.4 Å². The van der Waals surface area contributed by atoms with E-state index in [1.807, 2.05) is 74.5 Å². The highest BCUT2D eigenvalue weighted by Gasteiger charge is 2.51. The lowest BCUT2D eigenvalue weighted by molar-refractivity contribution is -0.0437. The number of ether oxygens (including phenoxy) is 4. The van der Waals surface area contributed by atoms with Crippen molar-refractivity contribution in [2.45, 2.75) is 35.3 Å². The second-order valence-electron chi connectivity index (χ2n) is 12.6. The van der Waals surface area contributed by atoms with E-state index in [1.54, 1.807) is 26.4 Å². The summed E-state index contributed by atoms with van der Waals surface area (Å²) in [6, 6.07) is 20.6. The van der Waals surface area contributed by atoms with Gasteiger partial charge in [-0.2, -0.15) is 13.2 Å². The van der Waals surface area contributed by atoms with Crippen LogP contribution in [0.15, 0.2) is 83.8 Å². The molecule has 0 unspecified atom stereocenters. The van der Waals surface area contributed by atoms with Crippen LogP contribution in [-0.4, -0.2) is 35.3 Å². The molecule has 5 aromatic rings. The minimum Gasteiger partial charge on any atom is -0.497 e. The van der Waals surface area contributed by atoms with E-state index >= 15 is 0 Å². The zero-order valence-electron chi connectivity index (χ0n) is 27.3. The number of halogens is 5. The molecular formula is C38H29Cl2F3O6S. The monoisotopic (exact) mass is 740 g/mol. The van der Waals surface area contributed by atoms with Crippen molar-refractivity contribution in [2.75, 3.05) is 21.3 Å². The summed E-state index contributed by atoms with van der Waals surface area (Å²) in [5.74, 6) is 1.31. The predicted octanol–water partition coefficient (Wildman–Crippen LogP) is 10.1. The lowest BCUT2D eigenvalue weighted by atomic mass is 9.76. The SMILES string of the molecule is COc1ccc(C2(c3ccc(OC)cc3)C=Cc3c4c(c5cc(Cl)cc(Cl)c5c3O2)-c2cc(S(=O)(=O)C(F)(F)F)c(OC)cc2C4(C)C)cc1. The first-order valence-corrected chi connectivity index (χ1v) is 17.5. The Balaban J connectivity index is 1.57. The van der Waals surface area contributed by atoms with Crippen molar-refractivity contribution in [1.82, 2.24) is 0 Å². The molecule has 258 valence electrons. The van der Waals surface area contributed by atoms with Crippen LogP contribution >= 0.6 is 23.2 Å². The third kappa shape index (κ3) is 4.86. The Morgan fingerprint density at radius 2 is 1.38 bits per heavy atom. The predicted molar refractivity (Wildman–Crippen MR) is 188 cm³/mol. The molecule has 50 heavy (non-hydrogen) atoms. The van der Waals surface area contributed by atoms with Crippen molar-refractivity contribution in [3.05, 3.63) is 117 Å². The highest BCUT2D eigenvalue weighted by Crippen LogP contribution is 2.60. The normalized spacial score (nSPS) is 15.6. The summed E-state index contributed by atoms with van der Waals surface area (Å²) in [6.07, 6.45) is 3.85. The fourth-order valence-corrected chi connectivity index (χ4v) is 8.68. The fraction of sp³-hybridized carbons (Fsp3) is 0.211. The first-order chi connectivity index (χ1) is 23.6. The summed E-state index contributed by atoms with van der Waals surface area (Å²) in [6.45, 7) is 3.83. The third-order valence-electron chi connectivity index (χ3n) is 9.57. The van der Waals surface area contributed by atoms with Crippen LogP contribution in [0.3, 0.4) is 0 Å². The molecule has 6 nitrogen and oxygen atoms in total. The van der Waals surface area contributed by atoms with Crippen LogP contribution < -0.4 is 18.9 Å². The Morgan fingerprint density at radius 1 is 0.800 bits per heavy atom. The zero-order valence-corrected chi connectivity index (χ0v) is 29.7. The first kappa shape index (κ1) is 34.1. The molecule has 0 spiro atoms. The number of sulfone groups is 1. The van der Waals surface area contributed by atoms with Crippen molar-refractivity contribution in [3.63, 3.8) is 0 Å². The summed E-state index contributed by atoms with van der Waals surface area (Å²) < 4.78 is 90.8. The molecule has 0 bridgehead atoms. The molecule has 5 aromatic carbocycles. The van der Waals surface area contributed by atoms with Crippen molar-refractivity contribution in [1.29, 1.82) is 0 Å². The third-order valence-corrected chi connectivity index (χ3v) is 11.6. The maximum Gasteiger partial charge on any atom is 0.502 e. The summed E-state index contributed by atoms with van der Waals surface area (Å²) in [5.41, 5.74) is -3.38. The topological polar surface area (TPSA) is 71.1 Å². The molecule has 0 amide bonds. The Bertz CT molecular complexity index is 2300. The highest BCUT2D eigenvalue weighted by atomic mass is 35.5. The van der Waals surface area contributed by atoms with Gasteiger partial charge in [0.1, 0.15) is 27.9 Å². The Hall–Kier alpha value is -4.38. The minimum atomic E-state index is -5.79. The van der Waals surface area contributed by atoms with Gasteiger partial charge in [-0.05, 0) is 82.2 Å². The van der Waals surface area contributed by atoms with Gasteiger partial charge in [0.15, 0.2) is 5.60 Å². The summed E-state index contributed by atoms with van der Waals surface area (Å²) in [4.78, 5) is -0.987. The lowest BCUT2D eigenvalue weighted by Crippen LogP contribution is -2.35. The molecule has 1 heterocycles. The molecule has 12 heteroatoms. The second kappa shape index (κ2) is 11.6. The van der Waals surface area contributed by atoms with E-state index in [-0.39, 0.29) is 15.6 Å². The molecule has 0 radical (unpaired) electrons. The number of hydrogen-bond acceptors (Lipinski definition) is 6. The van der Waals surface area contributed by atoms with Gasteiger partial charge in [0.05, 0.1) is 26.4 Å². The number of rotatable bonds is 6. The standard InChI is InChI=1S/C38H29Cl2F3O6S/c1-36(2)28-19-30(48-5)31(50(44,45)38(41,42)43)18-26(28)32-27-16-22(39)17-29(40)33(27)35-25(34(32)36)14-15-37(49-35,20-6-10-23(46-3)11-7-20)21-8-12-24(47-4)13-9-21/h6-19H,1-5H3. The van der Waals surface area contributed by atoms with E-state index in [0.717, 1.165) is 24.3 Å². The van der Waals surface area contributed by atoms with Crippen LogP contribution in [0.25, 0.3) is 28.0 Å². The van der Waals surface area contributed by atoms with E-state index in [4.69, 9.17) is 42.1 Å². The first-order valence-electron chi connectivity index (χ1n) is 15.3. The molecule has 0 saturated heterocycles. The van der Waals surface area contributed by atoms with Gasteiger partial charge in [0.2, 0.25) is 0 Å². The van der Waals surface area contributed by atoms with Crippen LogP contribution in [0.4, 0.5) is 13.2 Å². The molecule has 0 fully saturated rings. The van der Waals surface area contributed by atoms with Crippen molar-refractivity contribution < 1.29 is 40.5 Å².